The lowest BCUT2D eigenvalue weighted by atomic mass is 10.1. The van der Waals surface area contributed by atoms with Crippen LogP contribution in [0.15, 0.2) is 11.6 Å². The van der Waals surface area contributed by atoms with Gasteiger partial charge in [0.05, 0.1) is 12.8 Å². The minimum absolute atomic E-state index is 0.0538. The van der Waals surface area contributed by atoms with Crippen molar-refractivity contribution in [1.29, 1.82) is 0 Å². The van der Waals surface area contributed by atoms with Crippen LogP contribution in [0, 0.1) is 0 Å². The van der Waals surface area contributed by atoms with Gasteiger partial charge < -0.3 is 25.4 Å². The Bertz CT molecular complexity index is 323. The van der Waals surface area contributed by atoms with Gasteiger partial charge in [-0.3, -0.25) is 9.36 Å². The van der Waals surface area contributed by atoms with Gasteiger partial charge in [0.25, 0.3) is 0 Å². The van der Waals surface area contributed by atoms with Gasteiger partial charge in [0, 0.05) is 6.61 Å². The summed E-state index contributed by atoms with van der Waals surface area (Å²) in [7, 11) is -4.24. The van der Waals surface area contributed by atoms with E-state index in [4.69, 9.17) is 20.6 Å². The maximum Gasteiger partial charge on any atom is 0.329 e. The van der Waals surface area contributed by atoms with Gasteiger partial charge in [0.15, 0.2) is 0 Å². The molecule has 0 aliphatic carbocycles. The van der Waals surface area contributed by atoms with E-state index in [1.54, 1.807) is 6.92 Å². The predicted molar refractivity (Wildman–Crippen MR) is 61.3 cm³/mol. The third kappa shape index (κ3) is 8.06. The lowest BCUT2D eigenvalue weighted by Gasteiger charge is -2.11. The number of aliphatic hydroxyl groups excluding tert-OH is 1. The highest BCUT2D eigenvalue weighted by molar-refractivity contribution is 7.52. The highest BCUT2D eigenvalue weighted by Gasteiger charge is 2.19. The molecule has 0 aromatic rings. The molecule has 7 nitrogen and oxygen atoms in total. The second-order valence-corrected chi connectivity index (χ2v) is 5.04. The molecule has 0 amide bonds. The number of carbonyl (C=O) groups is 1. The lowest BCUT2D eigenvalue weighted by Crippen LogP contribution is -2.30. The van der Waals surface area contributed by atoms with Crippen LogP contribution in [0.5, 0.6) is 0 Å². The summed E-state index contributed by atoms with van der Waals surface area (Å²) in [5, 5.41) is 8.74. The molecule has 17 heavy (non-hydrogen) atoms. The second kappa shape index (κ2) is 7.58. The van der Waals surface area contributed by atoms with Crippen LogP contribution in [0.3, 0.4) is 0 Å². The fourth-order valence-electron chi connectivity index (χ4n) is 1.18. The molecule has 0 heterocycles. The first kappa shape index (κ1) is 16.3. The van der Waals surface area contributed by atoms with Gasteiger partial charge >= 0.3 is 13.6 Å². The van der Waals surface area contributed by atoms with Gasteiger partial charge in [-0.05, 0) is 13.3 Å². The third-order valence-electron chi connectivity index (χ3n) is 1.82. The summed E-state index contributed by atoms with van der Waals surface area (Å²) in [6.45, 7) is 1.52. The number of esters is 1. The fraction of sp³-hybridized carbons (Fsp3) is 0.667. The van der Waals surface area contributed by atoms with Gasteiger partial charge in [-0.1, -0.05) is 11.6 Å². The smallest absolute Gasteiger partial charge is 0.329 e. The molecule has 8 heteroatoms. The van der Waals surface area contributed by atoms with Gasteiger partial charge in [-0.25, -0.2) is 0 Å². The van der Waals surface area contributed by atoms with Crippen LogP contribution in [0.25, 0.3) is 0 Å². The second-order valence-electron chi connectivity index (χ2n) is 3.40. The zero-order valence-corrected chi connectivity index (χ0v) is 10.5. The number of carbonyl (C=O) groups excluding carboxylic acids is 1. The van der Waals surface area contributed by atoms with E-state index in [1.165, 1.54) is 6.08 Å². The van der Waals surface area contributed by atoms with Crippen molar-refractivity contribution in [3.05, 3.63) is 11.6 Å². The summed E-state index contributed by atoms with van der Waals surface area (Å²) < 4.78 is 15.5. The van der Waals surface area contributed by atoms with Crippen LogP contribution in [0.1, 0.15) is 13.3 Å². The minimum Gasteiger partial charge on any atom is -0.465 e. The van der Waals surface area contributed by atoms with Gasteiger partial charge in [-0.2, -0.15) is 0 Å². The molecule has 0 radical (unpaired) electrons. The van der Waals surface area contributed by atoms with Crippen molar-refractivity contribution in [2.24, 2.45) is 5.73 Å². The quantitative estimate of drug-likeness (QED) is 0.274. The number of hydrogen-bond donors (Lipinski definition) is 4. The van der Waals surface area contributed by atoms with E-state index in [2.05, 4.69) is 4.74 Å². The largest absolute Gasteiger partial charge is 0.465 e. The fourth-order valence-corrected chi connectivity index (χ4v) is 1.98. The average Bonchev–Trinajstić information content (AvgIpc) is 2.15. The summed E-state index contributed by atoms with van der Waals surface area (Å²) in [6, 6.07) is -1.08. The topological polar surface area (TPSA) is 130 Å². The van der Waals surface area contributed by atoms with Crippen molar-refractivity contribution in [2.45, 2.75) is 19.4 Å². The molecule has 0 aliphatic heterocycles. The Labute approximate surface area is 99.4 Å². The molecule has 0 bridgehead atoms. The molecular weight excluding hydrogens is 249 g/mol. The first-order valence-corrected chi connectivity index (χ1v) is 6.87. The highest BCUT2D eigenvalue weighted by atomic mass is 31.2. The molecule has 0 aromatic heterocycles. The molecule has 1 unspecified atom stereocenters. The zero-order chi connectivity index (χ0) is 13.5. The van der Waals surface area contributed by atoms with E-state index in [-0.39, 0.29) is 25.2 Å². The van der Waals surface area contributed by atoms with Gasteiger partial charge in [0.1, 0.15) is 6.04 Å². The van der Waals surface area contributed by atoms with Crippen LogP contribution in [0.4, 0.5) is 0 Å². The molecular formula is C9H18NO6P. The number of ether oxygens (including phenoxy) is 1. The van der Waals surface area contributed by atoms with Crippen molar-refractivity contribution in [3.63, 3.8) is 0 Å². The van der Waals surface area contributed by atoms with E-state index < -0.39 is 25.8 Å². The molecule has 0 spiro atoms. The van der Waals surface area contributed by atoms with Crippen LogP contribution < -0.4 is 5.73 Å². The molecule has 0 saturated carbocycles. The molecule has 0 saturated heterocycles. The summed E-state index contributed by atoms with van der Waals surface area (Å²) in [4.78, 5) is 28.8. The SMILES string of the molecule is CCOC(=O)C(N)C=C(CCO)CP(=O)(O)O. The summed E-state index contributed by atoms with van der Waals surface area (Å²) in [5.74, 6) is -0.673. The molecule has 0 rings (SSSR count). The number of rotatable bonds is 7. The molecule has 0 aromatic carbocycles. The molecule has 0 fully saturated rings. The molecule has 100 valence electrons. The first-order chi connectivity index (χ1) is 7.80. The van der Waals surface area contributed by atoms with E-state index in [1.807, 2.05) is 0 Å². The monoisotopic (exact) mass is 267 g/mol. The lowest BCUT2D eigenvalue weighted by molar-refractivity contribution is -0.143. The van der Waals surface area contributed by atoms with E-state index >= 15 is 0 Å². The van der Waals surface area contributed by atoms with Crippen molar-refractivity contribution >= 4 is 13.6 Å². The van der Waals surface area contributed by atoms with Crippen molar-refractivity contribution in [2.75, 3.05) is 19.4 Å². The Hall–Kier alpha value is -0.720. The number of nitrogens with two attached hydrogens (primary N) is 1. The molecule has 5 N–H and O–H groups in total. The maximum atomic E-state index is 11.2. The van der Waals surface area contributed by atoms with E-state index in [0.717, 1.165) is 0 Å². The van der Waals surface area contributed by atoms with Crippen molar-refractivity contribution < 1.29 is 29.0 Å². The van der Waals surface area contributed by atoms with Crippen LogP contribution in [-0.2, 0) is 14.1 Å². The highest BCUT2D eigenvalue weighted by Crippen LogP contribution is 2.37. The number of aliphatic hydroxyl groups is 1. The Morgan fingerprint density at radius 1 is 1.53 bits per heavy atom. The first-order valence-electron chi connectivity index (χ1n) is 5.07. The minimum atomic E-state index is -4.24. The predicted octanol–water partition coefficient (Wildman–Crippen LogP) is -0.637. The Balaban J connectivity index is 4.68. The van der Waals surface area contributed by atoms with Gasteiger partial charge in [0.2, 0.25) is 0 Å². The Kier molecular flexibility index (Phi) is 7.26. The third-order valence-corrected chi connectivity index (χ3v) is 2.63. The zero-order valence-electron chi connectivity index (χ0n) is 9.57. The average molecular weight is 267 g/mol. The summed E-state index contributed by atoms with van der Waals surface area (Å²) in [5.41, 5.74) is 5.71. The molecule has 0 aliphatic rings. The van der Waals surface area contributed by atoms with Crippen molar-refractivity contribution in [1.82, 2.24) is 0 Å². The summed E-state index contributed by atoms with van der Waals surface area (Å²) in [6.07, 6.45) is 0.742. The standard InChI is InChI=1S/C9H18NO6P/c1-2-16-9(12)8(10)5-7(3-4-11)6-17(13,14)15/h5,8,11H,2-4,6,10H2,1H3,(H2,13,14,15). The molecule has 1 atom stereocenters. The Morgan fingerprint density at radius 3 is 2.53 bits per heavy atom. The normalized spacial score (nSPS) is 14.5. The summed E-state index contributed by atoms with van der Waals surface area (Å²) >= 11 is 0. The Morgan fingerprint density at radius 2 is 2.12 bits per heavy atom. The van der Waals surface area contributed by atoms with E-state index in [0.29, 0.717) is 0 Å². The van der Waals surface area contributed by atoms with Crippen LogP contribution in [-0.4, -0.2) is 46.3 Å². The van der Waals surface area contributed by atoms with Crippen LogP contribution in [0.2, 0.25) is 0 Å². The van der Waals surface area contributed by atoms with E-state index in [9.17, 15) is 9.36 Å². The number of hydrogen-bond acceptors (Lipinski definition) is 5. The van der Waals surface area contributed by atoms with Crippen molar-refractivity contribution in [3.8, 4) is 0 Å². The maximum absolute atomic E-state index is 11.2. The van der Waals surface area contributed by atoms with Crippen LogP contribution >= 0.6 is 7.60 Å². The van der Waals surface area contributed by atoms with Gasteiger partial charge in [-0.15, -0.1) is 0 Å².